The number of nitrogens with zero attached hydrogens (tertiary/aromatic N) is 2. The molecule has 3 rings (SSSR count). The first-order valence-corrected chi connectivity index (χ1v) is 11.4. The standard InChI is InChI=1S/C21H27FN4O3S/c1-26(15-16-4-2-6-18(22)12-16)30(28,29)20-9-7-19(8-10-20)25-21(27)24-14-17-5-3-11-23-13-17/h3,5,7-11,13,16,18H,2,4,6,12,14-15H2,1H3,(H2,24,25,27). The SMILES string of the molecule is CN(CC1CCCC(F)C1)S(=O)(=O)c1ccc(NC(=O)NCc2cccnc2)cc1. The Hall–Kier alpha value is -2.52. The molecule has 1 heterocycles. The highest BCUT2D eigenvalue weighted by atomic mass is 32.2. The monoisotopic (exact) mass is 434 g/mol. The molecule has 0 aliphatic heterocycles. The minimum atomic E-state index is -3.67. The largest absolute Gasteiger partial charge is 0.334 e. The van der Waals surface area contributed by atoms with E-state index in [9.17, 15) is 17.6 Å². The van der Waals surface area contributed by atoms with Gasteiger partial charge in [0, 0.05) is 38.2 Å². The molecule has 1 saturated carbocycles. The van der Waals surface area contributed by atoms with Crippen LogP contribution in [0.15, 0.2) is 53.7 Å². The molecule has 2 atom stereocenters. The van der Waals surface area contributed by atoms with Gasteiger partial charge < -0.3 is 10.6 Å². The lowest BCUT2D eigenvalue weighted by Crippen LogP contribution is -2.34. The number of pyridine rings is 1. The maximum absolute atomic E-state index is 13.6. The second kappa shape index (κ2) is 9.99. The van der Waals surface area contributed by atoms with Crippen LogP contribution in [0.3, 0.4) is 0 Å². The molecule has 162 valence electrons. The predicted molar refractivity (Wildman–Crippen MR) is 113 cm³/mol. The lowest BCUT2D eigenvalue weighted by Gasteiger charge is -2.28. The molecule has 2 amide bonds. The fraction of sp³-hybridized carbons (Fsp3) is 0.429. The molecule has 2 unspecified atom stereocenters. The third-order valence-electron chi connectivity index (χ3n) is 5.23. The second-order valence-corrected chi connectivity index (χ2v) is 9.65. The molecule has 9 heteroatoms. The van der Waals surface area contributed by atoms with E-state index in [0.717, 1.165) is 18.4 Å². The number of urea groups is 1. The highest BCUT2D eigenvalue weighted by Crippen LogP contribution is 2.28. The average Bonchev–Trinajstić information content (AvgIpc) is 2.73. The van der Waals surface area contributed by atoms with Crippen LogP contribution >= 0.6 is 0 Å². The Morgan fingerprint density at radius 3 is 2.67 bits per heavy atom. The normalized spacial score (nSPS) is 19.4. The summed E-state index contributed by atoms with van der Waals surface area (Å²) in [5.74, 6) is 0.0398. The predicted octanol–water partition coefficient (Wildman–Crippen LogP) is 3.55. The molecular weight excluding hydrogens is 407 g/mol. The van der Waals surface area contributed by atoms with Crippen LogP contribution in [0, 0.1) is 5.92 Å². The number of rotatable bonds is 7. The van der Waals surface area contributed by atoms with E-state index in [1.165, 1.54) is 23.5 Å². The van der Waals surface area contributed by atoms with Crippen molar-refractivity contribution in [1.82, 2.24) is 14.6 Å². The molecule has 0 radical (unpaired) electrons. The number of nitrogens with one attached hydrogen (secondary N) is 2. The number of carbonyl (C=O) groups excluding carboxylic acids is 1. The highest BCUT2D eigenvalue weighted by molar-refractivity contribution is 7.89. The summed E-state index contributed by atoms with van der Waals surface area (Å²) in [6.45, 7) is 0.636. The van der Waals surface area contributed by atoms with Gasteiger partial charge in [0.05, 0.1) is 4.90 Å². The number of aromatic nitrogens is 1. The zero-order valence-electron chi connectivity index (χ0n) is 16.9. The summed E-state index contributed by atoms with van der Waals surface area (Å²) in [7, 11) is -2.15. The molecule has 30 heavy (non-hydrogen) atoms. The quantitative estimate of drug-likeness (QED) is 0.697. The van der Waals surface area contributed by atoms with Crippen LogP contribution < -0.4 is 10.6 Å². The van der Waals surface area contributed by atoms with Crippen molar-refractivity contribution in [2.24, 2.45) is 5.92 Å². The fourth-order valence-corrected chi connectivity index (χ4v) is 4.85. The van der Waals surface area contributed by atoms with E-state index < -0.39 is 22.2 Å². The van der Waals surface area contributed by atoms with Crippen molar-refractivity contribution in [3.8, 4) is 0 Å². The maximum atomic E-state index is 13.6. The van der Waals surface area contributed by atoms with Gasteiger partial charge in [-0.05, 0) is 61.1 Å². The number of amides is 2. The zero-order valence-corrected chi connectivity index (χ0v) is 17.7. The third-order valence-corrected chi connectivity index (χ3v) is 7.07. The average molecular weight is 435 g/mol. The number of anilines is 1. The minimum Gasteiger partial charge on any atom is -0.334 e. The summed E-state index contributed by atoms with van der Waals surface area (Å²) in [5.41, 5.74) is 1.35. The van der Waals surface area contributed by atoms with Crippen LogP contribution in [-0.2, 0) is 16.6 Å². The Balaban J connectivity index is 1.55. The molecule has 7 nitrogen and oxygen atoms in total. The van der Waals surface area contributed by atoms with Gasteiger partial charge in [-0.3, -0.25) is 4.98 Å². The third kappa shape index (κ3) is 5.99. The number of hydrogen-bond donors (Lipinski definition) is 2. The number of hydrogen-bond acceptors (Lipinski definition) is 4. The van der Waals surface area contributed by atoms with Crippen molar-refractivity contribution in [1.29, 1.82) is 0 Å². The van der Waals surface area contributed by atoms with E-state index in [0.29, 0.717) is 31.6 Å². The van der Waals surface area contributed by atoms with Gasteiger partial charge in [0.2, 0.25) is 10.0 Å². The summed E-state index contributed by atoms with van der Waals surface area (Å²) < 4.78 is 40.5. The Morgan fingerprint density at radius 1 is 1.23 bits per heavy atom. The molecular formula is C21H27FN4O3S. The van der Waals surface area contributed by atoms with Gasteiger partial charge in [-0.15, -0.1) is 0 Å². The van der Waals surface area contributed by atoms with Crippen molar-refractivity contribution in [3.63, 3.8) is 0 Å². The first-order valence-electron chi connectivity index (χ1n) is 9.99. The molecule has 0 bridgehead atoms. The van der Waals surface area contributed by atoms with Crippen LogP contribution in [0.1, 0.15) is 31.2 Å². The van der Waals surface area contributed by atoms with E-state index >= 15 is 0 Å². The molecule has 0 spiro atoms. The highest BCUT2D eigenvalue weighted by Gasteiger charge is 2.27. The van der Waals surface area contributed by atoms with Crippen molar-refractivity contribution >= 4 is 21.7 Å². The van der Waals surface area contributed by atoms with Crippen molar-refractivity contribution < 1.29 is 17.6 Å². The van der Waals surface area contributed by atoms with E-state index in [2.05, 4.69) is 15.6 Å². The molecule has 1 aromatic heterocycles. The number of alkyl halides is 1. The van der Waals surface area contributed by atoms with Gasteiger partial charge in [-0.25, -0.2) is 21.9 Å². The second-order valence-electron chi connectivity index (χ2n) is 7.61. The van der Waals surface area contributed by atoms with Crippen molar-refractivity contribution in [3.05, 3.63) is 54.4 Å². The molecule has 2 aromatic rings. The Labute approximate surface area is 176 Å². The summed E-state index contributed by atoms with van der Waals surface area (Å²) in [6, 6.07) is 9.25. The molecule has 2 N–H and O–H groups in total. The number of halogens is 1. The first kappa shape index (κ1) is 22.2. The van der Waals surface area contributed by atoms with Crippen LogP contribution in [0.25, 0.3) is 0 Å². The van der Waals surface area contributed by atoms with E-state index in [1.54, 1.807) is 30.6 Å². The Kier molecular flexibility index (Phi) is 7.38. The van der Waals surface area contributed by atoms with E-state index in [-0.39, 0.29) is 10.8 Å². The molecule has 1 aliphatic carbocycles. The number of sulfonamides is 1. The summed E-state index contributed by atoms with van der Waals surface area (Å²) >= 11 is 0. The van der Waals surface area contributed by atoms with Gasteiger partial charge in [-0.2, -0.15) is 0 Å². The van der Waals surface area contributed by atoms with Crippen molar-refractivity contribution in [2.45, 2.75) is 43.3 Å². The molecule has 1 aromatic carbocycles. The Morgan fingerprint density at radius 2 is 2.00 bits per heavy atom. The molecule has 1 aliphatic rings. The zero-order chi connectivity index (χ0) is 21.6. The van der Waals surface area contributed by atoms with Crippen LogP contribution in [0.4, 0.5) is 14.9 Å². The van der Waals surface area contributed by atoms with Crippen molar-refractivity contribution in [2.75, 3.05) is 18.9 Å². The van der Waals surface area contributed by atoms with Crippen LogP contribution in [0.5, 0.6) is 0 Å². The topological polar surface area (TPSA) is 91.4 Å². The van der Waals surface area contributed by atoms with Gasteiger partial charge in [0.25, 0.3) is 0 Å². The van der Waals surface area contributed by atoms with Gasteiger partial charge >= 0.3 is 6.03 Å². The van der Waals surface area contributed by atoms with E-state index in [4.69, 9.17) is 0 Å². The summed E-state index contributed by atoms with van der Waals surface area (Å²) in [4.78, 5) is 16.1. The van der Waals surface area contributed by atoms with Crippen LogP contribution in [0.2, 0.25) is 0 Å². The van der Waals surface area contributed by atoms with E-state index in [1.807, 2.05) is 6.07 Å². The summed E-state index contributed by atoms with van der Waals surface area (Å²) in [6.07, 6.45) is 5.10. The lowest BCUT2D eigenvalue weighted by atomic mass is 9.88. The Bertz CT molecular complexity index is 938. The minimum absolute atomic E-state index is 0.0398. The fourth-order valence-electron chi connectivity index (χ4n) is 3.60. The smallest absolute Gasteiger partial charge is 0.319 e. The molecule has 1 fully saturated rings. The van der Waals surface area contributed by atoms with Gasteiger partial charge in [0.1, 0.15) is 6.17 Å². The van der Waals surface area contributed by atoms with Gasteiger partial charge in [-0.1, -0.05) is 12.5 Å². The van der Waals surface area contributed by atoms with Crippen LogP contribution in [-0.4, -0.2) is 43.5 Å². The summed E-state index contributed by atoms with van der Waals surface area (Å²) in [5, 5.41) is 5.38. The number of benzene rings is 1. The molecule has 0 saturated heterocycles. The first-order chi connectivity index (χ1) is 14.3. The van der Waals surface area contributed by atoms with Gasteiger partial charge in [0.15, 0.2) is 0 Å². The maximum Gasteiger partial charge on any atom is 0.319 e. The lowest BCUT2D eigenvalue weighted by molar-refractivity contribution is 0.183. The number of carbonyl (C=O) groups is 1.